The van der Waals surface area contributed by atoms with Crippen LogP contribution in [0.3, 0.4) is 0 Å². The molecule has 0 unspecified atom stereocenters. The molecule has 3 heterocycles. The zero-order valence-electron chi connectivity index (χ0n) is 21.7. The number of amides is 1. The third-order valence-electron chi connectivity index (χ3n) is 8.22. The molecule has 6 rings (SSSR count). The number of carbonyl (C=O) groups excluding carboxylic acids is 2. The molecule has 4 fully saturated rings. The molecule has 0 aromatic heterocycles. The Morgan fingerprint density at radius 3 is 2.39 bits per heavy atom. The van der Waals surface area contributed by atoms with E-state index in [1.165, 1.54) is 5.56 Å². The van der Waals surface area contributed by atoms with Gasteiger partial charge in [-0.25, -0.2) is 0 Å². The van der Waals surface area contributed by atoms with Crippen molar-refractivity contribution < 1.29 is 14.3 Å². The second kappa shape index (κ2) is 9.98. The minimum Gasteiger partial charge on any atom is -0.460 e. The van der Waals surface area contributed by atoms with E-state index in [1.807, 2.05) is 51.1 Å². The fourth-order valence-corrected chi connectivity index (χ4v) is 6.87. The quantitative estimate of drug-likeness (QED) is 0.555. The Bertz CT molecular complexity index is 1070. The molecule has 0 radical (unpaired) electrons. The first-order valence-electron chi connectivity index (χ1n) is 13.3. The Morgan fingerprint density at radius 2 is 1.72 bits per heavy atom. The topological polar surface area (TPSA) is 70.7 Å². The number of hydrogen-bond donors (Lipinski definition) is 2. The number of likely N-dealkylation sites (tertiary alicyclic amines) is 1. The number of piperidine rings is 2. The molecule has 3 aliphatic heterocycles. The van der Waals surface area contributed by atoms with E-state index in [2.05, 4.69) is 45.9 Å². The molecular formula is C30H39N3O3. The molecule has 2 aromatic rings. The van der Waals surface area contributed by atoms with Crippen LogP contribution in [0.1, 0.15) is 44.7 Å². The van der Waals surface area contributed by atoms with Crippen LogP contribution in [0.25, 0.3) is 0 Å². The molecule has 2 N–H and O–H groups in total. The van der Waals surface area contributed by atoms with E-state index in [0.717, 1.165) is 31.5 Å². The van der Waals surface area contributed by atoms with Crippen molar-refractivity contribution in [3.05, 3.63) is 71.8 Å². The van der Waals surface area contributed by atoms with Crippen molar-refractivity contribution in [3.63, 3.8) is 0 Å². The molecule has 1 amide bonds. The van der Waals surface area contributed by atoms with Crippen LogP contribution in [0, 0.1) is 17.8 Å². The second-order valence-corrected chi connectivity index (χ2v) is 11.7. The fourth-order valence-electron chi connectivity index (χ4n) is 6.87. The molecule has 0 spiro atoms. The molecule has 36 heavy (non-hydrogen) atoms. The summed E-state index contributed by atoms with van der Waals surface area (Å²) in [5.74, 6) is 1.04. The molecule has 6 nitrogen and oxygen atoms in total. The van der Waals surface area contributed by atoms with Crippen molar-refractivity contribution in [2.75, 3.05) is 19.6 Å². The number of rotatable bonds is 8. The summed E-state index contributed by atoms with van der Waals surface area (Å²) in [6, 6.07) is 20.7. The van der Waals surface area contributed by atoms with Crippen LogP contribution in [0.5, 0.6) is 0 Å². The Kier molecular flexibility index (Phi) is 6.92. The summed E-state index contributed by atoms with van der Waals surface area (Å²) in [6.45, 7) is 8.54. The third-order valence-corrected chi connectivity index (χ3v) is 8.22. The van der Waals surface area contributed by atoms with E-state index >= 15 is 0 Å². The van der Waals surface area contributed by atoms with E-state index in [0.29, 0.717) is 31.3 Å². The van der Waals surface area contributed by atoms with Gasteiger partial charge in [0.05, 0.1) is 6.42 Å². The highest BCUT2D eigenvalue weighted by Crippen LogP contribution is 2.53. The largest absolute Gasteiger partial charge is 0.460 e. The van der Waals surface area contributed by atoms with Gasteiger partial charge in [0, 0.05) is 31.6 Å². The lowest BCUT2D eigenvalue weighted by atomic mass is 9.58. The van der Waals surface area contributed by atoms with Crippen molar-refractivity contribution in [2.45, 2.75) is 63.8 Å². The first-order chi connectivity index (χ1) is 17.3. The maximum absolute atomic E-state index is 14.0. The monoisotopic (exact) mass is 489 g/mol. The summed E-state index contributed by atoms with van der Waals surface area (Å²) in [5.41, 5.74) is 1.29. The molecule has 2 aromatic carbocycles. The lowest BCUT2D eigenvalue weighted by Gasteiger charge is -2.56. The predicted octanol–water partition coefficient (Wildman–Crippen LogP) is 3.56. The summed E-state index contributed by atoms with van der Waals surface area (Å²) in [5, 5.41) is 7.00. The summed E-state index contributed by atoms with van der Waals surface area (Å²) in [7, 11) is 0. The third kappa shape index (κ3) is 4.94. The molecular weight excluding hydrogens is 450 g/mol. The van der Waals surface area contributed by atoms with Gasteiger partial charge < -0.3 is 15.4 Å². The lowest BCUT2D eigenvalue weighted by molar-refractivity contribution is -0.155. The van der Waals surface area contributed by atoms with Gasteiger partial charge in [-0.05, 0) is 63.1 Å². The van der Waals surface area contributed by atoms with Crippen molar-refractivity contribution in [3.8, 4) is 0 Å². The van der Waals surface area contributed by atoms with Crippen LogP contribution in [0.4, 0.5) is 0 Å². The summed E-state index contributed by atoms with van der Waals surface area (Å²) in [6.07, 6.45) is 2.33. The number of carbonyl (C=O) groups is 2. The average molecular weight is 490 g/mol. The zero-order chi connectivity index (χ0) is 25.3. The van der Waals surface area contributed by atoms with Crippen molar-refractivity contribution in [2.24, 2.45) is 17.8 Å². The van der Waals surface area contributed by atoms with Crippen LogP contribution in [-0.4, -0.2) is 53.6 Å². The summed E-state index contributed by atoms with van der Waals surface area (Å²) >= 11 is 0. The molecule has 4 aliphatic rings. The van der Waals surface area contributed by atoms with Gasteiger partial charge in [0.15, 0.2) is 0 Å². The maximum Gasteiger partial charge on any atom is 0.307 e. The second-order valence-electron chi connectivity index (χ2n) is 11.7. The van der Waals surface area contributed by atoms with Gasteiger partial charge in [-0.15, -0.1) is 0 Å². The highest BCUT2D eigenvalue weighted by molar-refractivity contribution is 5.89. The molecule has 192 valence electrons. The van der Waals surface area contributed by atoms with Crippen LogP contribution in [0.15, 0.2) is 60.7 Å². The van der Waals surface area contributed by atoms with Crippen LogP contribution >= 0.6 is 0 Å². The minimum absolute atomic E-state index is 0.0495. The van der Waals surface area contributed by atoms with Gasteiger partial charge in [0.1, 0.15) is 11.1 Å². The summed E-state index contributed by atoms with van der Waals surface area (Å²) < 4.78 is 5.59. The Labute approximate surface area is 214 Å². The van der Waals surface area contributed by atoms with E-state index in [9.17, 15) is 9.59 Å². The van der Waals surface area contributed by atoms with Gasteiger partial charge in [0.2, 0.25) is 5.91 Å². The standard InChI is InChI=1S/C30H39N3O3/c1-29(2,3)36-26(34)14-15-33-20-24-17-23-19-32-30(24,28(35)31-18-22-12-8-5-9-13-22)27(33)25(23)16-21-10-6-4-7-11-21/h4-13,23-25,27,32H,14-20H2,1-3H3,(H,31,35)/t23-,24-,25+,27-,30-/m0/s1. The Hall–Kier alpha value is -2.70. The van der Waals surface area contributed by atoms with Gasteiger partial charge in [-0.3, -0.25) is 14.5 Å². The lowest BCUT2D eigenvalue weighted by Crippen LogP contribution is -2.76. The zero-order valence-corrected chi connectivity index (χ0v) is 21.7. The average Bonchev–Trinajstić information content (AvgIpc) is 3.12. The molecule has 4 bridgehead atoms. The van der Waals surface area contributed by atoms with E-state index in [4.69, 9.17) is 4.74 Å². The van der Waals surface area contributed by atoms with Gasteiger partial charge in [-0.2, -0.15) is 0 Å². The summed E-state index contributed by atoms with van der Waals surface area (Å²) in [4.78, 5) is 29.0. The van der Waals surface area contributed by atoms with Crippen molar-refractivity contribution in [1.29, 1.82) is 0 Å². The first kappa shape index (κ1) is 25.0. The Balaban J connectivity index is 1.39. The van der Waals surface area contributed by atoms with Crippen LogP contribution in [-0.2, 0) is 27.3 Å². The minimum atomic E-state index is -0.628. The number of nitrogens with one attached hydrogen (secondary N) is 2. The highest BCUT2D eigenvalue weighted by atomic mass is 16.6. The molecule has 1 aliphatic carbocycles. The van der Waals surface area contributed by atoms with E-state index in [-0.39, 0.29) is 23.8 Å². The molecule has 3 saturated heterocycles. The molecule has 1 saturated carbocycles. The SMILES string of the molecule is CC(C)(C)OC(=O)CCN1C[C@@H]2C[C@H]3CN[C@]2(C(=O)NCc2ccccc2)[C@@H]1[C@@H]3Cc1ccccc1. The van der Waals surface area contributed by atoms with Gasteiger partial charge in [-0.1, -0.05) is 60.7 Å². The molecule has 5 atom stereocenters. The smallest absolute Gasteiger partial charge is 0.307 e. The number of hydrogen-bond acceptors (Lipinski definition) is 5. The normalized spacial score (nSPS) is 29.2. The van der Waals surface area contributed by atoms with Gasteiger partial charge in [0.25, 0.3) is 0 Å². The van der Waals surface area contributed by atoms with Crippen LogP contribution in [0.2, 0.25) is 0 Å². The number of fused-ring (bicyclic) bond motifs is 1. The first-order valence-corrected chi connectivity index (χ1v) is 13.3. The molecule has 6 heteroatoms. The number of nitrogens with zero attached hydrogens (tertiary/aromatic N) is 1. The fraction of sp³-hybridized carbons (Fsp3) is 0.533. The number of esters is 1. The number of ether oxygens (including phenoxy) is 1. The van der Waals surface area contributed by atoms with Gasteiger partial charge >= 0.3 is 5.97 Å². The van der Waals surface area contributed by atoms with E-state index < -0.39 is 11.1 Å². The van der Waals surface area contributed by atoms with Crippen molar-refractivity contribution >= 4 is 11.9 Å². The highest BCUT2D eigenvalue weighted by Gasteiger charge is 2.67. The maximum atomic E-state index is 14.0. The van der Waals surface area contributed by atoms with E-state index in [1.54, 1.807) is 0 Å². The van der Waals surface area contributed by atoms with Crippen molar-refractivity contribution in [1.82, 2.24) is 15.5 Å². The predicted molar refractivity (Wildman–Crippen MR) is 140 cm³/mol. The number of benzene rings is 2. The Morgan fingerprint density at radius 1 is 1.06 bits per heavy atom. The van der Waals surface area contributed by atoms with Crippen LogP contribution < -0.4 is 10.6 Å².